The minimum absolute atomic E-state index is 0.278. The summed E-state index contributed by atoms with van der Waals surface area (Å²) in [7, 11) is 0. The lowest BCUT2D eigenvalue weighted by molar-refractivity contribution is 0.462. The topological polar surface area (TPSA) is 48.1 Å². The maximum atomic E-state index is 6.10. The van der Waals surface area contributed by atoms with E-state index in [0.29, 0.717) is 31.7 Å². The van der Waals surface area contributed by atoms with Crippen LogP contribution >= 0.6 is 51.3 Å². The second kappa shape index (κ2) is 6.26. The van der Waals surface area contributed by atoms with E-state index in [1.54, 1.807) is 24.3 Å². The van der Waals surface area contributed by atoms with Crippen molar-refractivity contribution in [3.05, 3.63) is 50.0 Å². The molecule has 2 rings (SSSR count). The lowest BCUT2D eigenvalue weighted by Crippen LogP contribution is -2.10. The number of nitrogens with two attached hydrogens (primary N) is 1. The predicted molar refractivity (Wildman–Crippen MR) is 89.1 cm³/mol. The maximum Gasteiger partial charge on any atom is 0.220 e. The molecule has 2 N–H and O–H groups in total. The molecular formula is C13H9BrCl2N2OS. The van der Waals surface area contributed by atoms with Crippen molar-refractivity contribution in [1.82, 2.24) is 4.98 Å². The molecule has 0 radical (unpaired) electrons. The minimum Gasteiger partial charge on any atom is -0.437 e. The summed E-state index contributed by atoms with van der Waals surface area (Å²) in [6.07, 6.45) is 0. The van der Waals surface area contributed by atoms with Gasteiger partial charge in [0, 0.05) is 27.9 Å². The van der Waals surface area contributed by atoms with Gasteiger partial charge < -0.3 is 10.5 Å². The summed E-state index contributed by atoms with van der Waals surface area (Å²) in [5.74, 6) is 0.764. The summed E-state index contributed by atoms with van der Waals surface area (Å²) in [5, 5.41) is 0.910. The monoisotopic (exact) mass is 390 g/mol. The molecule has 0 saturated carbocycles. The molecule has 0 unspecified atom stereocenters. The molecule has 0 bridgehead atoms. The van der Waals surface area contributed by atoms with E-state index < -0.39 is 0 Å². The van der Waals surface area contributed by atoms with Crippen LogP contribution in [0.25, 0.3) is 0 Å². The highest BCUT2D eigenvalue weighted by molar-refractivity contribution is 9.10. The standard InChI is InChI=1S/C13H9BrCl2N2OS/c1-6-2-7(13(17)20)3-12(18-6)19-11-5-9(15)8(14)4-10(11)16/h2-5H,1H3,(H2,17,20). The first-order chi connectivity index (χ1) is 9.36. The van der Waals surface area contributed by atoms with Crippen molar-refractivity contribution in [2.75, 3.05) is 0 Å². The number of aromatic nitrogens is 1. The van der Waals surface area contributed by atoms with E-state index in [4.69, 9.17) is 45.9 Å². The molecule has 0 aliphatic heterocycles. The van der Waals surface area contributed by atoms with Gasteiger partial charge >= 0.3 is 0 Å². The lowest BCUT2D eigenvalue weighted by Gasteiger charge is -2.10. The average Bonchev–Trinajstić information content (AvgIpc) is 2.35. The molecule has 0 aliphatic rings. The van der Waals surface area contributed by atoms with Crippen LogP contribution < -0.4 is 10.5 Å². The van der Waals surface area contributed by atoms with Gasteiger partial charge in [0.2, 0.25) is 5.88 Å². The Labute approximate surface area is 140 Å². The summed E-state index contributed by atoms with van der Waals surface area (Å²) < 4.78 is 6.35. The fourth-order valence-electron chi connectivity index (χ4n) is 1.53. The van der Waals surface area contributed by atoms with Crippen molar-refractivity contribution in [2.45, 2.75) is 6.92 Å². The van der Waals surface area contributed by atoms with Crippen LogP contribution in [0.1, 0.15) is 11.3 Å². The summed E-state index contributed by atoms with van der Waals surface area (Å²) in [4.78, 5) is 4.53. The molecule has 1 aromatic heterocycles. The van der Waals surface area contributed by atoms with Crippen LogP contribution in [-0.2, 0) is 0 Å². The van der Waals surface area contributed by atoms with E-state index in [2.05, 4.69) is 20.9 Å². The smallest absolute Gasteiger partial charge is 0.220 e. The van der Waals surface area contributed by atoms with Gasteiger partial charge in [-0.1, -0.05) is 35.4 Å². The van der Waals surface area contributed by atoms with Gasteiger partial charge in [0.05, 0.1) is 10.0 Å². The highest BCUT2D eigenvalue weighted by Gasteiger charge is 2.10. The van der Waals surface area contributed by atoms with Gasteiger partial charge in [-0.3, -0.25) is 0 Å². The van der Waals surface area contributed by atoms with Crippen LogP contribution in [0.5, 0.6) is 11.6 Å². The van der Waals surface area contributed by atoms with Gasteiger partial charge in [-0.25, -0.2) is 4.98 Å². The molecule has 7 heteroatoms. The van der Waals surface area contributed by atoms with Crippen molar-refractivity contribution < 1.29 is 4.74 Å². The van der Waals surface area contributed by atoms with E-state index in [-0.39, 0.29) is 4.99 Å². The second-order valence-corrected chi connectivity index (χ2v) is 6.11. The molecule has 104 valence electrons. The number of aryl methyl sites for hydroxylation is 1. The Balaban J connectivity index is 2.40. The number of thiocarbonyl (C=S) groups is 1. The molecule has 0 saturated heterocycles. The van der Waals surface area contributed by atoms with Crippen LogP contribution in [0.2, 0.25) is 10.0 Å². The number of nitrogens with zero attached hydrogens (tertiary/aromatic N) is 1. The molecule has 0 aliphatic carbocycles. The summed E-state index contributed by atoms with van der Waals surface area (Å²) in [6.45, 7) is 1.82. The number of hydrogen-bond acceptors (Lipinski definition) is 3. The SMILES string of the molecule is Cc1cc(C(N)=S)cc(Oc2cc(Cl)c(Br)cc2Cl)n1. The largest absolute Gasteiger partial charge is 0.437 e. The quantitative estimate of drug-likeness (QED) is 0.597. The van der Waals surface area contributed by atoms with Crippen LogP contribution in [0.15, 0.2) is 28.7 Å². The highest BCUT2D eigenvalue weighted by Crippen LogP contribution is 2.36. The first kappa shape index (κ1) is 15.5. The highest BCUT2D eigenvalue weighted by atomic mass is 79.9. The van der Waals surface area contributed by atoms with Crippen LogP contribution in [0.4, 0.5) is 0 Å². The van der Waals surface area contributed by atoms with Gasteiger partial charge in [-0.05, 0) is 35.0 Å². The molecule has 0 amide bonds. The molecule has 1 aromatic carbocycles. The van der Waals surface area contributed by atoms with Crippen molar-refractivity contribution in [3.63, 3.8) is 0 Å². The number of hydrogen-bond donors (Lipinski definition) is 1. The van der Waals surface area contributed by atoms with E-state index in [0.717, 1.165) is 5.69 Å². The fraction of sp³-hybridized carbons (Fsp3) is 0.0769. The molecular weight excluding hydrogens is 383 g/mol. The van der Waals surface area contributed by atoms with Crippen LogP contribution in [-0.4, -0.2) is 9.97 Å². The Bertz CT molecular complexity index is 694. The lowest BCUT2D eigenvalue weighted by atomic mass is 10.2. The number of halogens is 3. The van der Waals surface area contributed by atoms with E-state index in [1.165, 1.54) is 0 Å². The van der Waals surface area contributed by atoms with Crippen molar-refractivity contribution in [3.8, 4) is 11.6 Å². The molecule has 2 aromatic rings. The maximum absolute atomic E-state index is 6.10. The molecule has 0 spiro atoms. The normalized spacial score (nSPS) is 10.4. The number of rotatable bonds is 3. The number of pyridine rings is 1. The number of ether oxygens (including phenoxy) is 1. The first-order valence-corrected chi connectivity index (χ1v) is 7.43. The third kappa shape index (κ3) is 3.61. The summed E-state index contributed by atoms with van der Waals surface area (Å²) >= 11 is 20.4. The Morgan fingerprint density at radius 2 is 1.95 bits per heavy atom. The zero-order chi connectivity index (χ0) is 14.9. The van der Waals surface area contributed by atoms with Gasteiger partial charge in [0.15, 0.2) is 0 Å². The third-order valence-electron chi connectivity index (χ3n) is 2.40. The van der Waals surface area contributed by atoms with Gasteiger partial charge in [0.1, 0.15) is 10.7 Å². The number of benzene rings is 1. The zero-order valence-corrected chi connectivity index (χ0v) is 14.2. The Kier molecular flexibility index (Phi) is 4.86. The van der Waals surface area contributed by atoms with E-state index >= 15 is 0 Å². The molecule has 0 atom stereocenters. The van der Waals surface area contributed by atoms with Crippen molar-refractivity contribution in [2.24, 2.45) is 5.73 Å². The van der Waals surface area contributed by atoms with E-state index in [9.17, 15) is 0 Å². The summed E-state index contributed by atoms with van der Waals surface area (Å²) in [6, 6.07) is 6.70. The third-order valence-corrected chi connectivity index (χ3v) is 4.13. The Morgan fingerprint density at radius 1 is 1.25 bits per heavy atom. The minimum atomic E-state index is 0.278. The van der Waals surface area contributed by atoms with Crippen LogP contribution in [0.3, 0.4) is 0 Å². The zero-order valence-electron chi connectivity index (χ0n) is 10.3. The molecule has 20 heavy (non-hydrogen) atoms. The first-order valence-electron chi connectivity index (χ1n) is 5.47. The predicted octanol–water partition coefficient (Wildman–Crippen LogP) is 4.89. The van der Waals surface area contributed by atoms with Gasteiger partial charge in [-0.15, -0.1) is 0 Å². The second-order valence-electron chi connectivity index (χ2n) is 4.00. The Hall–Kier alpha value is -0.880. The molecule has 3 nitrogen and oxygen atoms in total. The summed E-state index contributed by atoms with van der Waals surface area (Å²) in [5.41, 5.74) is 7.04. The average molecular weight is 392 g/mol. The Morgan fingerprint density at radius 3 is 2.60 bits per heavy atom. The van der Waals surface area contributed by atoms with Gasteiger partial charge in [-0.2, -0.15) is 0 Å². The van der Waals surface area contributed by atoms with E-state index in [1.807, 2.05) is 6.92 Å². The fourth-order valence-corrected chi connectivity index (χ4v) is 2.48. The van der Waals surface area contributed by atoms with Crippen LogP contribution in [0, 0.1) is 6.92 Å². The molecule has 1 heterocycles. The van der Waals surface area contributed by atoms with Crippen molar-refractivity contribution >= 4 is 56.3 Å². The van der Waals surface area contributed by atoms with Crippen molar-refractivity contribution in [1.29, 1.82) is 0 Å². The van der Waals surface area contributed by atoms with Gasteiger partial charge in [0.25, 0.3) is 0 Å². The molecule has 0 fully saturated rings.